The molecule has 2 nitrogen and oxygen atoms in total. The van der Waals surface area contributed by atoms with Crippen LogP contribution in [-0.4, -0.2) is 11.2 Å². The first-order valence-electron chi connectivity index (χ1n) is 2.36. The fourth-order valence-corrected chi connectivity index (χ4v) is 0.851. The third-order valence-corrected chi connectivity index (χ3v) is 1.23. The van der Waals surface area contributed by atoms with Gasteiger partial charge in [-0.1, -0.05) is 11.9 Å². The molecule has 44 valence electrons. The van der Waals surface area contributed by atoms with Gasteiger partial charge in [0.15, 0.2) is 0 Å². The Kier molecular flexibility index (Phi) is 1.86. The lowest BCUT2D eigenvalue weighted by Crippen LogP contribution is -1.81. The zero-order valence-corrected chi connectivity index (χ0v) is 5.46. The molecule has 2 N–H and O–H groups in total. The summed E-state index contributed by atoms with van der Waals surface area (Å²) in [5.74, 6) is 1.05. The van der Waals surface area contributed by atoms with Crippen LogP contribution in [0.25, 0.3) is 0 Å². The van der Waals surface area contributed by atoms with Crippen molar-refractivity contribution in [2.75, 3.05) is 11.0 Å². The molecule has 0 aromatic carbocycles. The normalized spacial score (nSPS) is 9.12. The van der Waals surface area contributed by atoms with Crippen LogP contribution in [0.5, 0.6) is 0 Å². The van der Waals surface area contributed by atoms with Crippen LogP contribution in [0.3, 0.4) is 0 Å². The molecule has 0 fully saturated rings. The number of hydrogen-bond donors (Lipinski definition) is 2. The van der Waals surface area contributed by atoms with Crippen molar-refractivity contribution in [2.24, 2.45) is 0 Å². The molecule has 0 bridgehead atoms. The van der Waals surface area contributed by atoms with Crippen molar-refractivity contribution < 1.29 is 0 Å². The largest absolute Gasteiger partial charge is 0.348 e. The molecule has 1 rings (SSSR count). The zero-order chi connectivity index (χ0) is 5.82. The van der Waals surface area contributed by atoms with Crippen LogP contribution in [0.2, 0.25) is 0 Å². The molecule has 0 radical (unpaired) electrons. The second kappa shape index (κ2) is 2.67. The highest BCUT2D eigenvalue weighted by molar-refractivity contribution is 7.99. The Morgan fingerprint density at radius 1 is 1.75 bits per heavy atom. The van der Waals surface area contributed by atoms with E-state index in [1.165, 1.54) is 0 Å². The molecule has 0 aliphatic rings. The van der Waals surface area contributed by atoms with Crippen LogP contribution in [-0.2, 0) is 0 Å². The van der Waals surface area contributed by atoms with Gasteiger partial charge in [0.05, 0.1) is 0 Å². The third kappa shape index (κ3) is 1.20. The van der Waals surface area contributed by atoms with E-state index in [0.717, 1.165) is 5.82 Å². The van der Waals surface area contributed by atoms with Gasteiger partial charge in [0.25, 0.3) is 0 Å². The molecule has 0 amide bonds. The topological polar surface area (TPSA) is 27.8 Å². The first kappa shape index (κ1) is 5.56. The minimum absolute atomic E-state index is 1.05. The maximum Gasteiger partial charge on any atom is 0.113 e. The van der Waals surface area contributed by atoms with Gasteiger partial charge < -0.3 is 9.71 Å². The van der Waals surface area contributed by atoms with Crippen LogP contribution in [0.15, 0.2) is 18.3 Å². The number of aromatic nitrogens is 1. The van der Waals surface area contributed by atoms with Gasteiger partial charge >= 0.3 is 0 Å². The Balaban J connectivity index is 2.50. The molecule has 1 aromatic heterocycles. The highest BCUT2D eigenvalue weighted by Gasteiger charge is 1.83. The third-order valence-electron chi connectivity index (χ3n) is 0.810. The Morgan fingerprint density at radius 3 is 3.12 bits per heavy atom. The minimum Gasteiger partial charge on any atom is -0.348 e. The summed E-state index contributed by atoms with van der Waals surface area (Å²) in [6.45, 7) is 0. The highest BCUT2D eigenvalue weighted by Crippen LogP contribution is 2.04. The smallest absolute Gasteiger partial charge is 0.113 e. The van der Waals surface area contributed by atoms with Crippen LogP contribution in [0.1, 0.15) is 0 Å². The van der Waals surface area contributed by atoms with E-state index in [4.69, 9.17) is 0 Å². The van der Waals surface area contributed by atoms with E-state index in [0.29, 0.717) is 0 Å². The molecule has 1 aromatic rings. The second-order valence-corrected chi connectivity index (χ2v) is 2.00. The van der Waals surface area contributed by atoms with E-state index in [1.807, 2.05) is 24.6 Å². The lowest BCUT2D eigenvalue weighted by molar-refractivity contribution is 1.42. The SMILES string of the molecule is CSNc1ccc[nH]1. The number of nitrogens with one attached hydrogen (secondary N) is 2. The lowest BCUT2D eigenvalue weighted by Gasteiger charge is -1.93. The average molecular weight is 128 g/mol. The summed E-state index contributed by atoms with van der Waals surface area (Å²) in [6, 6.07) is 3.94. The van der Waals surface area contributed by atoms with Gasteiger partial charge in [-0.05, 0) is 12.1 Å². The van der Waals surface area contributed by atoms with Crippen LogP contribution in [0.4, 0.5) is 5.82 Å². The van der Waals surface area contributed by atoms with E-state index < -0.39 is 0 Å². The summed E-state index contributed by atoms with van der Waals surface area (Å²) >= 11 is 1.58. The first-order valence-corrected chi connectivity index (χ1v) is 3.58. The fraction of sp³-hybridized carbons (Fsp3) is 0.200. The van der Waals surface area contributed by atoms with Gasteiger partial charge in [0.2, 0.25) is 0 Å². The van der Waals surface area contributed by atoms with Crippen molar-refractivity contribution in [2.45, 2.75) is 0 Å². The Labute approximate surface area is 52.8 Å². The van der Waals surface area contributed by atoms with Gasteiger partial charge in [-0.15, -0.1) is 0 Å². The van der Waals surface area contributed by atoms with Crippen molar-refractivity contribution in [1.82, 2.24) is 4.98 Å². The number of hydrogen-bond acceptors (Lipinski definition) is 2. The standard InChI is InChI=1S/C5H8N2S/c1-8-7-5-3-2-4-6-5/h2-4,6-7H,1H3. The Bertz CT molecular complexity index is 136. The molecule has 0 saturated carbocycles. The van der Waals surface area contributed by atoms with Gasteiger partial charge in [-0.3, -0.25) is 0 Å². The quantitative estimate of drug-likeness (QED) is 0.593. The summed E-state index contributed by atoms with van der Waals surface area (Å²) in [6.07, 6.45) is 3.87. The van der Waals surface area contributed by atoms with E-state index in [-0.39, 0.29) is 0 Å². The van der Waals surface area contributed by atoms with Gasteiger partial charge in [0, 0.05) is 12.5 Å². The monoisotopic (exact) mass is 128 g/mol. The number of rotatable bonds is 2. The molecule has 0 unspecified atom stereocenters. The molecule has 3 heteroatoms. The molecule has 1 heterocycles. The molecule has 0 spiro atoms. The van der Waals surface area contributed by atoms with Gasteiger partial charge in [0.1, 0.15) is 5.82 Å². The fourth-order valence-electron chi connectivity index (χ4n) is 0.504. The van der Waals surface area contributed by atoms with Crippen LogP contribution in [0, 0.1) is 0 Å². The summed E-state index contributed by atoms with van der Waals surface area (Å²) in [4.78, 5) is 3.01. The Morgan fingerprint density at radius 2 is 2.62 bits per heavy atom. The molecule has 0 atom stereocenters. The second-order valence-electron chi connectivity index (χ2n) is 1.39. The molecular formula is C5H8N2S. The van der Waals surface area contributed by atoms with Crippen molar-refractivity contribution in [1.29, 1.82) is 0 Å². The van der Waals surface area contributed by atoms with Crippen molar-refractivity contribution >= 4 is 17.8 Å². The average Bonchev–Trinajstić information content (AvgIpc) is 2.19. The summed E-state index contributed by atoms with van der Waals surface area (Å²) in [7, 11) is 0. The van der Waals surface area contributed by atoms with Gasteiger partial charge in [-0.2, -0.15) is 0 Å². The highest BCUT2D eigenvalue weighted by atomic mass is 32.2. The lowest BCUT2D eigenvalue weighted by atomic mass is 10.6. The summed E-state index contributed by atoms with van der Waals surface area (Å²) < 4.78 is 3.05. The summed E-state index contributed by atoms with van der Waals surface area (Å²) in [5, 5.41) is 0. The van der Waals surface area contributed by atoms with E-state index in [2.05, 4.69) is 9.71 Å². The van der Waals surface area contributed by atoms with Crippen molar-refractivity contribution in [3.63, 3.8) is 0 Å². The summed E-state index contributed by atoms with van der Waals surface area (Å²) in [5.41, 5.74) is 0. The predicted molar refractivity (Wildman–Crippen MR) is 37.9 cm³/mol. The van der Waals surface area contributed by atoms with Crippen molar-refractivity contribution in [3.05, 3.63) is 18.3 Å². The van der Waals surface area contributed by atoms with E-state index in [9.17, 15) is 0 Å². The van der Waals surface area contributed by atoms with E-state index >= 15 is 0 Å². The Hall–Kier alpha value is -0.570. The maximum atomic E-state index is 3.05. The maximum absolute atomic E-state index is 3.05. The molecule has 0 aliphatic heterocycles. The molecule has 0 aliphatic carbocycles. The number of H-pyrrole nitrogens is 1. The molecule has 8 heavy (non-hydrogen) atoms. The number of aromatic amines is 1. The van der Waals surface area contributed by atoms with E-state index in [1.54, 1.807) is 11.9 Å². The number of anilines is 1. The van der Waals surface area contributed by atoms with Crippen LogP contribution >= 0.6 is 11.9 Å². The molecule has 0 saturated heterocycles. The molecular weight excluding hydrogens is 120 g/mol. The first-order chi connectivity index (χ1) is 3.93. The minimum atomic E-state index is 1.05. The zero-order valence-electron chi connectivity index (χ0n) is 4.64. The predicted octanol–water partition coefficient (Wildman–Crippen LogP) is 1.70. The van der Waals surface area contributed by atoms with Crippen molar-refractivity contribution in [3.8, 4) is 0 Å². The van der Waals surface area contributed by atoms with Gasteiger partial charge in [-0.25, -0.2) is 0 Å². The van der Waals surface area contributed by atoms with Crippen LogP contribution < -0.4 is 4.72 Å².